The summed E-state index contributed by atoms with van der Waals surface area (Å²) in [6.07, 6.45) is 4.40. The first-order valence-corrected chi connectivity index (χ1v) is 9.95. The number of rotatable bonds is 5. The molecule has 3 aromatic heterocycles. The molecule has 4 N–H and O–H groups in total. The zero-order valence-corrected chi connectivity index (χ0v) is 16.7. The van der Waals surface area contributed by atoms with E-state index in [1.54, 1.807) is 6.20 Å². The molecule has 4 rings (SSSR count). The molecule has 0 bridgehead atoms. The third kappa shape index (κ3) is 3.52. The van der Waals surface area contributed by atoms with Gasteiger partial charge in [0.1, 0.15) is 16.7 Å². The van der Waals surface area contributed by atoms with Crippen molar-refractivity contribution in [2.24, 2.45) is 11.8 Å². The molecule has 148 valence electrons. The number of nitrogens with two attached hydrogens (primary N) is 1. The van der Waals surface area contributed by atoms with Crippen LogP contribution in [0.1, 0.15) is 32.4 Å². The number of nitrogen functional groups attached to an aromatic ring is 1. The molecule has 3 aromatic rings. The van der Waals surface area contributed by atoms with E-state index in [9.17, 15) is 5.11 Å². The number of halogens is 1. The molecule has 1 aliphatic carbocycles. The fraction of sp³-hybridized carbons (Fsp3) is 0.450. The zero-order valence-electron chi connectivity index (χ0n) is 15.9. The van der Waals surface area contributed by atoms with E-state index in [0.29, 0.717) is 28.6 Å². The van der Waals surface area contributed by atoms with Gasteiger partial charge in [-0.15, -0.1) is 0 Å². The van der Waals surface area contributed by atoms with Crippen molar-refractivity contribution in [2.75, 3.05) is 17.7 Å². The predicted octanol–water partition coefficient (Wildman–Crippen LogP) is 3.90. The molecule has 8 heteroatoms. The van der Waals surface area contributed by atoms with Crippen molar-refractivity contribution in [1.82, 2.24) is 15.0 Å². The number of hydrogen-bond acceptors (Lipinski definition) is 7. The van der Waals surface area contributed by atoms with Crippen molar-refractivity contribution in [3.05, 3.63) is 29.2 Å². The lowest BCUT2D eigenvalue weighted by atomic mass is 10.1. The highest BCUT2D eigenvalue weighted by molar-refractivity contribution is 6.32. The van der Waals surface area contributed by atoms with E-state index in [0.717, 1.165) is 30.3 Å². The Bertz CT molecular complexity index is 1010. The number of hydrogen-bond donors (Lipinski definition) is 3. The van der Waals surface area contributed by atoms with Gasteiger partial charge < -0.3 is 20.6 Å². The van der Waals surface area contributed by atoms with Crippen LogP contribution in [0, 0.1) is 11.8 Å². The van der Waals surface area contributed by atoms with Crippen molar-refractivity contribution < 1.29 is 9.52 Å². The first-order valence-electron chi connectivity index (χ1n) is 9.57. The minimum Gasteiger partial charge on any atom is -0.454 e. The van der Waals surface area contributed by atoms with Gasteiger partial charge in [0.15, 0.2) is 5.58 Å². The molecular weight excluding hydrogens is 378 g/mol. The number of anilines is 2. The van der Waals surface area contributed by atoms with E-state index >= 15 is 0 Å². The van der Waals surface area contributed by atoms with Gasteiger partial charge >= 0.3 is 0 Å². The van der Waals surface area contributed by atoms with E-state index in [4.69, 9.17) is 21.8 Å². The highest BCUT2D eigenvalue weighted by atomic mass is 35.5. The average molecular weight is 402 g/mol. The quantitative estimate of drug-likeness (QED) is 0.556. The first-order chi connectivity index (χ1) is 13.5. The van der Waals surface area contributed by atoms with E-state index in [1.807, 2.05) is 12.1 Å². The van der Waals surface area contributed by atoms with Gasteiger partial charge in [0.2, 0.25) is 5.95 Å². The molecule has 0 unspecified atom stereocenters. The maximum Gasteiger partial charge on any atom is 0.223 e. The number of pyridine rings is 1. The summed E-state index contributed by atoms with van der Waals surface area (Å²) in [5.41, 5.74) is 8.12. The van der Waals surface area contributed by atoms with Crippen LogP contribution < -0.4 is 11.1 Å². The van der Waals surface area contributed by atoms with Gasteiger partial charge in [-0.3, -0.25) is 4.98 Å². The van der Waals surface area contributed by atoms with Crippen molar-refractivity contribution in [2.45, 2.75) is 39.2 Å². The highest BCUT2D eigenvalue weighted by Crippen LogP contribution is 2.39. The molecule has 0 amide bonds. The normalized spacial score (nSPS) is 22.1. The summed E-state index contributed by atoms with van der Waals surface area (Å²) < 4.78 is 6.00. The van der Waals surface area contributed by atoms with Crippen LogP contribution in [0.2, 0.25) is 5.15 Å². The summed E-state index contributed by atoms with van der Waals surface area (Å²) in [5.74, 6) is 1.91. The Kier molecular flexibility index (Phi) is 5.12. The third-order valence-electron chi connectivity index (χ3n) is 5.51. The summed E-state index contributed by atoms with van der Waals surface area (Å²) in [6.45, 7) is 4.42. The second kappa shape index (κ2) is 7.56. The molecule has 7 nitrogen and oxygen atoms in total. The maximum atomic E-state index is 9.50. The third-order valence-corrected chi connectivity index (χ3v) is 5.78. The van der Waals surface area contributed by atoms with Gasteiger partial charge in [0, 0.05) is 23.7 Å². The van der Waals surface area contributed by atoms with Crippen LogP contribution in [-0.4, -0.2) is 32.7 Å². The molecule has 0 spiro atoms. The van der Waals surface area contributed by atoms with E-state index in [1.165, 1.54) is 0 Å². The van der Waals surface area contributed by atoms with Crippen molar-refractivity contribution >= 4 is 34.3 Å². The SMILES string of the molecule is CCc1cc2cc(-c3c(Cl)nc(N)nc3N[C@@H]3C[C@H](CO)C[C@H]3C)oc2cn1. The van der Waals surface area contributed by atoms with Gasteiger partial charge in [0.25, 0.3) is 0 Å². The zero-order chi connectivity index (χ0) is 19.8. The molecule has 0 aliphatic heterocycles. The molecule has 28 heavy (non-hydrogen) atoms. The number of aromatic nitrogens is 3. The van der Waals surface area contributed by atoms with Crippen LogP contribution in [0.5, 0.6) is 0 Å². The lowest BCUT2D eigenvalue weighted by molar-refractivity contribution is 0.226. The van der Waals surface area contributed by atoms with Crippen LogP contribution in [0.4, 0.5) is 11.8 Å². The summed E-state index contributed by atoms with van der Waals surface area (Å²) in [7, 11) is 0. The minimum absolute atomic E-state index is 0.103. The molecule has 3 atom stereocenters. The Morgan fingerprint density at radius 1 is 1.32 bits per heavy atom. The highest BCUT2D eigenvalue weighted by Gasteiger charge is 2.32. The van der Waals surface area contributed by atoms with Crippen LogP contribution in [0.3, 0.4) is 0 Å². The van der Waals surface area contributed by atoms with Gasteiger partial charge in [-0.1, -0.05) is 25.4 Å². The number of nitrogens with one attached hydrogen (secondary N) is 1. The van der Waals surface area contributed by atoms with Gasteiger partial charge in [-0.25, -0.2) is 4.98 Å². The smallest absolute Gasteiger partial charge is 0.223 e. The summed E-state index contributed by atoms with van der Waals surface area (Å²) in [4.78, 5) is 12.9. The molecule has 3 heterocycles. The fourth-order valence-electron chi connectivity index (χ4n) is 3.98. The summed E-state index contributed by atoms with van der Waals surface area (Å²) in [6, 6.07) is 4.10. The lowest BCUT2D eigenvalue weighted by Gasteiger charge is -2.20. The maximum absolute atomic E-state index is 9.50. The van der Waals surface area contributed by atoms with Crippen molar-refractivity contribution in [1.29, 1.82) is 0 Å². The number of furan rings is 1. The largest absolute Gasteiger partial charge is 0.454 e. The summed E-state index contributed by atoms with van der Waals surface area (Å²) in [5, 5.41) is 14.2. The number of aliphatic hydroxyl groups excluding tert-OH is 1. The molecule has 0 aromatic carbocycles. The molecule has 0 radical (unpaired) electrons. The number of fused-ring (bicyclic) bond motifs is 1. The Morgan fingerprint density at radius 2 is 2.14 bits per heavy atom. The molecule has 1 aliphatic rings. The molecule has 1 saturated carbocycles. The van der Waals surface area contributed by atoms with E-state index in [2.05, 4.69) is 34.1 Å². The topological polar surface area (TPSA) is 110 Å². The van der Waals surface area contributed by atoms with Gasteiger partial charge in [-0.2, -0.15) is 4.98 Å². The monoisotopic (exact) mass is 401 g/mol. The standard InChI is InChI=1S/C20H24ClN5O2/c1-3-13-6-12-7-15(28-16(12)8-23-13)17-18(21)25-20(22)26-19(17)24-14-5-11(9-27)4-10(14)2/h6-8,10-11,14,27H,3-5,9H2,1-2H3,(H3,22,24,25,26)/t10-,11-,14-/m1/s1. The average Bonchev–Trinajstić information content (AvgIpc) is 3.23. The molecule has 0 saturated heterocycles. The van der Waals surface area contributed by atoms with Gasteiger partial charge in [-0.05, 0) is 43.2 Å². The second-order valence-corrected chi connectivity index (χ2v) is 7.88. The van der Waals surface area contributed by atoms with Crippen molar-refractivity contribution in [3.63, 3.8) is 0 Å². The van der Waals surface area contributed by atoms with Crippen molar-refractivity contribution in [3.8, 4) is 11.3 Å². The Balaban J connectivity index is 1.75. The predicted molar refractivity (Wildman–Crippen MR) is 110 cm³/mol. The number of aliphatic hydroxyl groups is 1. The Labute approximate surface area is 168 Å². The fourth-order valence-corrected chi connectivity index (χ4v) is 4.25. The number of aryl methyl sites for hydroxylation is 1. The number of nitrogens with zero attached hydrogens (tertiary/aromatic N) is 3. The Hall–Kier alpha value is -2.38. The van der Waals surface area contributed by atoms with Crippen LogP contribution >= 0.6 is 11.6 Å². The van der Waals surface area contributed by atoms with E-state index < -0.39 is 0 Å². The van der Waals surface area contributed by atoms with Crippen LogP contribution in [0.15, 0.2) is 22.7 Å². The minimum atomic E-state index is 0.103. The van der Waals surface area contributed by atoms with Crippen LogP contribution in [0.25, 0.3) is 22.3 Å². The van der Waals surface area contributed by atoms with Crippen LogP contribution in [-0.2, 0) is 6.42 Å². The lowest BCUT2D eigenvalue weighted by Crippen LogP contribution is -2.23. The molecular formula is C20H24ClN5O2. The Morgan fingerprint density at radius 3 is 2.86 bits per heavy atom. The van der Waals surface area contributed by atoms with Gasteiger partial charge in [0.05, 0.1) is 11.8 Å². The van der Waals surface area contributed by atoms with E-state index in [-0.39, 0.29) is 29.7 Å². The second-order valence-electron chi connectivity index (χ2n) is 7.52. The first kappa shape index (κ1) is 19.0. The summed E-state index contributed by atoms with van der Waals surface area (Å²) >= 11 is 6.45. The molecule has 1 fully saturated rings.